The Balaban J connectivity index is 2.55. The summed E-state index contributed by atoms with van der Waals surface area (Å²) in [6.07, 6.45) is 0. The molecule has 1 heterocycles. The van der Waals surface area contributed by atoms with Gasteiger partial charge in [0.05, 0.1) is 5.69 Å². The molecule has 1 aromatic rings. The standard InChI is InChI=1S/C14H25N3O/c1-5-17(6-2)9-10-18-14-8-7-12(3)16-13(14)11-15-4/h7-8,15H,5-6,9-11H2,1-4H3. The molecule has 0 aliphatic heterocycles. The van der Waals surface area contributed by atoms with Gasteiger partial charge in [-0.25, -0.2) is 0 Å². The lowest BCUT2D eigenvalue weighted by atomic mass is 10.3. The molecule has 0 bridgehead atoms. The molecule has 0 fully saturated rings. The number of nitrogens with zero attached hydrogens (tertiary/aromatic N) is 2. The minimum absolute atomic E-state index is 0.711. The lowest BCUT2D eigenvalue weighted by molar-refractivity contribution is 0.221. The molecule has 18 heavy (non-hydrogen) atoms. The average Bonchev–Trinajstić information content (AvgIpc) is 2.37. The van der Waals surface area contributed by atoms with E-state index in [0.29, 0.717) is 6.61 Å². The number of rotatable bonds is 8. The molecule has 102 valence electrons. The van der Waals surface area contributed by atoms with Gasteiger partial charge in [0.15, 0.2) is 0 Å². The van der Waals surface area contributed by atoms with Crippen molar-refractivity contribution in [3.05, 3.63) is 23.5 Å². The summed E-state index contributed by atoms with van der Waals surface area (Å²) in [6, 6.07) is 4.00. The van der Waals surface area contributed by atoms with Crippen LogP contribution in [-0.4, -0.2) is 43.2 Å². The van der Waals surface area contributed by atoms with Crippen molar-refractivity contribution in [2.75, 3.05) is 33.3 Å². The molecule has 0 saturated heterocycles. The van der Waals surface area contributed by atoms with Crippen LogP contribution >= 0.6 is 0 Å². The molecule has 4 heteroatoms. The van der Waals surface area contributed by atoms with E-state index in [9.17, 15) is 0 Å². The molecule has 0 spiro atoms. The van der Waals surface area contributed by atoms with Gasteiger partial charge in [0.1, 0.15) is 12.4 Å². The van der Waals surface area contributed by atoms with Crippen molar-refractivity contribution >= 4 is 0 Å². The summed E-state index contributed by atoms with van der Waals surface area (Å²) in [6.45, 7) is 10.9. The number of nitrogens with one attached hydrogen (secondary N) is 1. The molecular formula is C14H25N3O. The van der Waals surface area contributed by atoms with E-state index in [-0.39, 0.29) is 0 Å². The monoisotopic (exact) mass is 251 g/mol. The van der Waals surface area contributed by atoms with Crippen molar-refractivity contribution < 1.29 is 4.74 Å². The molecular weight excluding hydrogens is 226 g/mol. The van der Waals surface area contributed by atoms with Crippen LogP contribution in [0.3, 0.4) is 0 Å². The SMILES string of the molecule is CCN(CC)CCOc1ccc(C)nc1CNC. The Morgan fingerprint density at radius 1 is 1.28 bits per heavy atom. The highest BCUT2D eigenvalue weighted by molar-refractivity contribution is 5.29. The first-order chi connectivity index (χ1) is 8.71. The fourth-order valence-corrected chi connectivity index (χ4v) is 1.85. The van der Waals surface area contributed by atoms with Crippen molar-refractivity contribution in [3.63, 3.8) is 0 Å². The fraction of sp³-hybridized carbons (Fsp3) is 0.643. The van der Waals surface area contributed by atoms with Gasteiger partial charge >= 0.3 is 0 Å². The van der Waals surface area contributed by atoms with E-state index >= 15 is 0 Å². The maximum atomic E-state index is 5.83. The van der Waals surface area contributed by atoms with E-state index in [1.807, 2.05) is 26.1 Å². The molecule has 1 N–H and O–H groups in total. The summed E-state index contributed by atoms with van der Waals surface area (Å²) in [5.74, 6) is 0.891. The quantitative estimate of drug-likeness (QED) is 0.765. The minimum Gasteiger partial charge on any atom is -0.490 e. The second-order valence-electron chi connectivity index (χ2n) is 4.30. The van der Waals surface area contributed by atoms with Crippen LogP contribution in [0.25, 0.3) is 0 Å². The van der Waals surface area contributed by atoms with Crippen LogP contribution in [0.1, 0.15) is 25.2 Å². The summed E-state index contributed by atoms with van der Waals surface area (Å²) >= 11 is 0. The third kappa shape index (κ3) is 4.63. The highest BCUT2D eigenvalue weighted by Gasteiger charge is 2.06. The first-order valence-electron chi connectivity index (χ1n) is 6.67. The largest absolute Gasteiger partial charge is 0.490 e. The number of aryl methyl sites for hydroxylation is 1. The first kappa shape index (κ1) is 14.9. The van der Waals surface area contributed by atoms with Gasteiger partial charge in [0, 0.05) is 18.8 Å². The van der Waals surface area contributed by atoms with Crippen molar-refractivity contribution in [2.24, 2.45) is 0 Å². The molecule has 0 unspecified atom stereocenters. The Labute approximate surface area is 110 Å². The number of hydrogen-bond acceptors (Lipinski definition) is 4. The molecule has 0 saturated carbocycles. The van der Waals surface area contributed by atoms with Crippen LogP contribution in [0, 0.1) is 6.92 Å². The maximum absolute atomic E-state index is 5.83. The van der Waals surface area contributed by atoms with E-state index in [2.05, 4.69) is 29.0 Å². The Kier molecular flexibility index (Phi) is 6.68. The topological polar surface area (TPSA) is 37.4 Å². The molecule has 1 aromatic heterocycles. The Morgan fingerprint density at radius 3 is 2.61 bits per heavy atom. The van der Waals surface area contributed by atoms with Gasteiger partial charge in [-0.2, -0.15) is 0 Å². The molecule has 0 atom stereocenters. The summed E-state index contributed by atoms with van der Waals surface area (Å²) in [5, 5.41) is 3.12. The fourth-order valence-electron chi connectivity index (χ4n) is 1.85. The van der Waals surface area contributed by atoms with E-state index < -0.39 is 0 Å². The van der Waals surface area contributed by atoms with Crippen molar-refractivity contribution in [2.45, 2.75) is 27.3 Å². The van der Waals surface area contributed by atoms with Crippen molar-refractivity contribution in [1.29, 1.82) is 0 Å². The molecule has 0 amide bonds. The van der Waals surface area contributed by atoms with Crippen LogP contribution in [0.5, 0.6) is 5.75 Å². The van der Waals surface area contributed by atoms with Crippen LogP contribution in [-0.2, 0) is 6.54 Å². The summed E-state index contributed by atoms with van der Waals surface area (Å²) in [7, 11) is 1.92. The summed E-state index contributed by atoms with van der Waals surface area (Å²) in [5.41, 5.74) is 2.01. The Bertz CT molecular complexity index is 351. The Hall–Kier alpha value is -1.13. The third-order valence-corrected chi connectivity index (χ3v) is 2.98. The third-order valence-electron chi connectivity index (χ3n) is 2.98. The predicted octanol–water partition coefficient (Wildman–Crippen LogP) is 1.83. The van der Waals surface area contributed by atoms with Gasteiger partial charge in [0.2, 0.25) is 0 Å². The van der Waals surface area contributed by atoms with Crippen LogP contribution in [0.15, 0.2) is 12.1 Å². The molecule has 4 nitrogen and oxygen atoms in total. The molecule has 0 aromatic carbocycles. The summed E-state index contributed by atoms with van der Waals surface area (Å²) < 4.78 is 5.83. The molecule has 0 aliphatic rings. The first-order valence-corrected chi connectivity index (χ1v) is 6.67. The second-order valence-corrected chi connectivity index (χ2v) is 4.30. The van der Waals surface area contributed by atoms with Crippen LogP contribution < -0.4 is 10.1 Å². The van der Waals surface area contributed by atoms with Gasteiger partial charge in [-0.1, -0.05) is 13.8 Å². The number of aromatic nitrogens is 1. The zero-order valence-corrected chi connectivity index (χ0v) is 12.0. The molecule has 0 radical (unpaired) electrons. The second kappa shape index (κ2) is 8.06. The smallest absolute Gasteiger partial charge is 0.142 e. The van der Waals surface area contributed by atoms with Crippen LogP contribution in [0.2, 0.25) is 0 Å². The normalized spacial score (nSPS) is 10.9. The maximum Gasteiger partial charge on any atom is 0.142 e. The van der Waals surface area contributed by atoms with E-state index in [1.165, 1.54) is 0 Å². The minimum atomic E-state index is 0.711. The molecule has 1 rings (SSSR count). The lowest BCUT2D eigenvalue weighted by Crippen LogP contribution is -2.28. The van der Waals surface area contributed by atoms with E-state index in [1.54, 1.807) is 0 Å². The zero-order valence-electron chi connectivity index (χ0n) is 12.0. The van der Waals surface area contributed by atoms with Gasteiger partial charge in [-0.05, 0) is 39.2 Å². The molecule has 0 aliphatic carbocycles. The van der Waals surface area contributed by atoms with Gasteiger partial charge < -0.3 is 15.0 Å². The van der Waals surface area contributed by atoms with E-state index in [0.717, 1.165) is 43.3 Å². The Morgan fingerprint density at radius 2 is 2.00 bits per heavy atom. The van der Waals surface area contributed by atoms with Gasteiger partial charge in [-0.3, -0.25) is 4.98 Å². The van der Waals surface area contributed by atoms with E-state index in [4.69, 9.17) is 4.74 Å². The van der Waals surface area contributed by atoms with Gasteiger partial charge in [0.25, 0.3) is 0 Å². The van der Waals surface area contributed by atoms with Crippen molar-refractivity contribution in [3.8, 4) is 5.75 Å². The highest BCUT2D eigenvalue weighted by Crippen LogP contribution is 2.16. The average molecular weight is 251 g/mol. The number of pyridine rings is 1. The van der Waals surface area contributed by atoms with Crippen molar-refractivity contribution in [1.82, 2.24) is 15.2 Å². The summed E-state index contributed by atoms with van der Waals surface area (Å²) in [4.78, 5) is 6.85. The number of hydrogen-bond donors (Lipinski definition) is 1. The lowest BCUT2D eigenvalue weighted by Gasteiger charge is -2.18. The number of likely N-dealkylation sites (N-methyl/N-ethyl adjacent to an activating group) is 1. The predicted molar refractivity (Wildman–Crippen MR) is 75.0 cm³/mol. The zero-order chi connectivity index (χ0) is 13.4. The van der Waals surface area contributed by atoms with Gasteiger partial charge in [-0.15, -0.1) is 0 Å². The number of ether oxygens (including phenoxy) is 1. The highest BCUT2D eigenvalue weighted by atomic mass is 16.5. The van der Waals surface area contributed by atoms with Crippen LogP contribution in [0.4, 0.5) is 0 Å².